The molecule has 0 N–H and O–H groups in total. The molecule has 0 bridgehead atoms. The molecule has 0 aromatic carbocycles. The SMILES string of the molecule is C=CN=C(N=C)C(C)N(Cc1ccc(C(F)(F)F)cn1)C(=O)C=O. The van der Waals surface area contributed by atoms with Crippen molar-refractivity contribution >= 4 is 24.7 Å². The van der Waals surface area contributed by atoms with E-state index in [0.29, 0.717) is 6.20 Å². The first-order chi connectivity index (χ1) is 11.2. The van der Waals surface area contributed by atoms with E-state index in [2.05, 4.69) is 28.3 Å². The Kier molecular flexibility index (Phi) is 6.51. The summed E-state index contributed by atoms with van der Waals surface area (Å²) in [6.07, 6.45) is -2.56. The van der Waals surface area contributed by atoms with Gasteiger partial charge in [0.2, 0.25) is 6.29 Å². The Balaban J connectivity index is 3.08. The molecule has 0 aliphatic carbocycles. The molecule has 9 heteroatoms. The molecule has 128 valence electrons. The number of hydrogen-bond acceptors (Lipinski definition) is 4. The quantitative estimate of drug-likeness (QED) is 0.345. The van der Waals surface area contributed by atoms with Crippen molar-refractivity contribution in [3.63, 3.8) is 0 Å². The summed E-state index contributed by atoms with van der Waals surface area (Å²) in [5, 5.41) is 0. The van der Waals surface area contributed by atoms with Gasteiger partial charge in [0.25, 0.3) is 5.91 Å². The number of nitrogens with zero attached hydrogens (tertiary/aromatic N) is 4. The Bertz CT molecular complexity index is 654. The number of aromatic nitrogens is 1. The monoisotopic (exact) mass is 340 g/mol. The second kappa shape index (κ2) is 8.14. The van der Waals surface area contributed by atoms with Gasteiger partial charge in [-0.25, -0.2) is 9.98 Å². The zero-order valence-electron chi connectivity index (χ0n) is 12.8. The van der Waals surface area contributed by atoms with Crippen molar-refractivity contribution in [2.24, 2.45) is 9.98 Å². The summed E-state index contributed by atoms with van der Waals surface area (Å²) in [4.78, 5) is 34.9. The van der Waals surface area contributed by atoms with Gasteiger partial charge in [-0.1, -0.05) is 6.58 Å². The zero-order valence-corrected chi connectivity index (χ0v) is 12.8. The average Bonchev–Trinajstić information content (AvgIpc) is 2.55. The lowest BCUT2D eigenvalue weighted by atomic mass is 10.2. The van der Waals surface area contributed by atoms with E-state index in [1.165, 1.54) is 6.20 Å². The molecule has 1 aromatic rings. The van der Waals surface area contributed by atoms with Crippen LogP contribution in [0.3, 0.4) is 0 Å². The van der Waals surface area contributed by atoms with Crippen LogP contribution in [0, 0.1) is 0 Å². The minimum Gasteiger partial charge on any atom is -0.320 e. The van der Waals surface area contributed by atoms with E-state index in [-0.39, 0.29) is 24.4 Å². The maximum atomic E-state index is 12.5. The third-order valence-corrected chi connectivity index (χ3v) is 3.10. The summed E-state index contributed by atoms with van der Waals surface area (Å²) in [7, 11) is 0. The van der Waals surface area contributed by atoms with Crippen LogP contribution in [0.5, 0.6) is 0 Å². The number of rotatable bonds is 6. The molecule has 0 radical (unpaired) electrons. The lowest BCUT2D eigenvalue weighted by Gasteiger charge is -2.26. The summed E-state index contributed by atoms with van der Waals surface area (Å²) in [6.45, 7) is 8.08. The number of amidine groups is 1. The predicted molar refractivity (Wildman–Crippen MR) is 82.5 cm³/mol. The number of carbonyl (C=O) groups excluding carboxylic acids is 2. The highest BCUT2D eigenvalue weighted by Crippen LogP contribution is 2.28. The van der Waals surface area contributed by atoms with Gasteiger partial charge in [0.15, 0.2) is 0 Å². The Labute approximate surface area is 136 Å². The van der Waals surface area contributed by atoms with E-state index >= 15 is 0 Å². The molecule has 1 amide bonds. The second-order valence-electron chi connectivity index (χ2n) is 4.62. The topological polar surface area (TPSA) is 75.0 Å². The van der Waals surface area contributed by atoms with Crippen LogP contribution in [-0.4, -0.2) is 40.7 Å². The largest absolute Gasteiger partial charge is 0.417 e. The first-order valence-corrected chi connectivity index (χ1v) is 6.67. The van der Waals surface area contributed by atoms with Gasteiger partial charge < -0.3 is 4.90 Å². The number of aliphatic imine (C=N–C) groups is 2. The smallest absolute Gasteiger partial charge is 0.320 e. The molecule has 1 heterocycles. The summed E-state index contributed by atoms with van der Waals surface area (Å²) < 4.78 is 37.6. The summed E-state index contributed by atoms with van der Waals surface area (Å²) in [5.41, 5.74) is -0.735. The van der Waals surface area contributed by atoms with Crippen LogP contribution in [-0.2, 0) is 22.3 Å². The van der Waals surface area contributed by atoms with Gasteiger partial charge >= 0.3 is 6.18 Å². The molecule has 1 rings (SSSR count). The van der Waals surface area contributed by atoms with Gasteiger partial charge in [0.05, 0.1) is 23.8 Å². The highest BCUT2D eigenvalue weighted by Gasteiger charge is 2.31. The fourth-order valence-corrected chi connectivity index (χ4v) is 1.85. The van der Waals surface area contributed by atoms with Crippen molar-refractivity contribution in [1.29, 1.82) is 0 Å². The maximum Gasteiger partial charge on any atom is 0.417 e. The van der Waals surface area contributed by atoms with Gasteiger partial charge in [-0.3, -0.25) is 14.6 Å². The van der Waals surface area contributed by atoms with E-state index in [1.807, 2.05) is 0 Å². The number of halogens is 3. The minimum absolute atomic E-state index is 0.0925. The lowest BCUT2D eigenvalue weighted by Crippen LogP contribution is -2.43. The Morgan fingerprint density at radius 3 is 2.54 bits per heavy atom. The Hall–Kier alpha value is -2.84. The molecule has 0 aliphatic rings. The van der Waals surface area contributed by atoms with Crippen LogP contribution in [0.15, 0.2) is 41.1 Å². The van der Waals surface area contributed by atoms with Crippen molar-refractivity contribution < 1.29 is 22.8 Å². The van der Waals surface area contributed by atoms with E-state index in [0.717, 1.165) is 17.0 Å². The fraction of sp³-hybridized carbons (Fsp3) is 0.267. The standard InChI is InChI=1S/C15H15F3N4O2/c1-4-20-14(19-3)10(2)22(13(24)9-23)8-12-6-5-11(7-21-12)15(16,17)18/h4-7,9-10H,1,3,8H2,2H3. The van der Waals surface area contributed by atoms with Crippen molar-refractivity contribution in [3.8, 4) is 0 Å². The lowest BCUT2D eigenvalue weighted by molar-refractivity contribution is -0.140. The highest BCUT2D eigenvalue weighted by molar-refractivity contribution is 6.24. The van der Waals surface area contributed by atoms with Crippen LogP contribution < -0.4 is 0 Å². The van der Waals surface area contributed by atoms with E-state index in [4.69, 9.17) is 0 Å². The molecular formula is C15H15F3N4O2. The first kappa shape index (κ1) is 19.2. The van der Waals surface area contributed by atoms with Crippen LogP contribution in [0.4, 0.5) is 13.2 Å². The van der Waals surface area contributed by atoms with Crippen LogP contribution in [0.1, 0.15) is 18.2 Å². The van der Waals surface area contributed by atoms with Gasteiger partial charge in [0, 0.05) is 12.4 Å². The van der Waals surface area contributed by atoms with Crippen molar-refractivity contribution in [1.82, 2.24) is 9.88 Å². The third kappa shape index (κ3) is 4.83. The highest BCUT2D eigenvalue weighted by atomic mass is 19.4. The van der Waals surface area contributed by atoms with E-state index < -0.39 is 23.7 Å². The van der Waals surface area contributed by atoms with Crippen molar-refractivity contribution in [2.75, 3.05) is 0 Å². The Morgan fingerprint density at radius 2 is 2.12 bits per heavy atom. The number of pyridine rings is 1. The summed E-state index contributed by atoms with van der Waals surface area (Å²) in [5.74, 6) is -0.753. The van der Waals surface area contributed by atoms with E-state index in [9.17, 15) is 22.8 Å². The molecule has 0 saturated carbocycles. The molecule has 24 heavy (non-hydrogen) atoms. The molecule has 1 unspecified atom stereocenters. The number of amides is 1. The fourth-order valence-electron chi connectivity index (χ4n) is 1.85. The summed E-state index contributed by atoms with van der Waals surface area (Å²) >= 11 is 0. The number of carbonyl (C=O) groups is 2. The molecule has 1 aromatic heterocycles. The molecule has 0 saturated heterocycles. The summed E-state index contributed by atoms with van der Waals surface area (Å²) in [6, 6.07) is 1.23. The van der Waals surface area contributed by atoms with Crippen LogP contribution >= 0.6 is 0 Å². The molecule has 1 atom stereocenters. The third-order valence-electron chi connectivity index (χ3n) is 3.10. The van der Waals surface area contributed by atoms with Crippen molar-refractivity contribution in [2.45, 2.75) is 25.7 Å². The van der Waals surface area contributed by atoms with Crippen LogP contribution in [0.2, 0.25) is 0 Å². The molecule has 0 spiro atoms. The molecule has 0 aliphatic heterocycles. The molecule has 6 nitrogen and oxygen atoms in total. The average molecular weight is 340 g/mol. The maximum absolute atomic E-state index is 12.5. The van der Waals surface area contributed by atoms with Gasteiger partial charge in [-0.15, -0.1) is 0 Å². The number of alkyl halides is 3. The van der Waals surface area contributed by atoms with Crippen molar-refractivity contribution in [3.05, 3.63) is 42.4 Å². The van der Waals surface area contributed by atoms with Crippen LogP contribution in [0.25, 0.3) is 0 Å². The van der Waals surface area contributed by atoms with Gasteiger partial charge in [0.1, 0.15) is 5.84 Å². The van der Waals surface area contributed by atoms with Gasteiger partial charge in [-0.2, -0.15) is 13.2 Å². The zero-order chi connectivity index (χ0) is 18.3. The first-order valence-electron chi connectivity index (χ1n) is 6.67. The van der Waals surface area contributed by atoms with Gasteiger partial charge in [-0.05, 0) is 25.8 Å². The minimum atomic E-state index is -4.51. The Morgan fingerprint density at radius 1 is 1.46 bits per heavy atom. The predicted octanol–water partition coefficient (Wildman–Crippen LogP) is 2.26. The van der Waals surface area contributed by atoms with E-state index in [1.54, 1.807) is 6.92 Å². The number of aldehydes is 1. The molecule has 0 fully saturated rings. The second-order valence-corrected chi connectivity index (χ2v) is 4.62. The number of hydrogen-bond donors (Lipinski definition) is 0. The molecular weight excluding hydrogens is 325 g/mol. The normalized spacial score (nSPS) is 13.1.